The molecule has 4 aromatic rings. The molecule has 29 heavy (non-hydrogen) atoms. The molecule has 148 valence electrons. The van der Waals surface area contributed by atoms with Crippen LogP contribution < -0.4 is 0 Å². The lowest BCUT2D eigenvalue weighted by atomic mass is 9.98. The second-order valence-electron chi connectivity index (χ2n) is 6.61. The molecule has 1 amide bonds. The number of thiophene rings is 2. The van der Waals surface area contributed by atoms with Gasteiger partial charge >= 0.3 is 0 Å². The highest BCUT2D eigenvalue weighted by molar-refractivity contribution is 7.99. The maximum atomic E-state index is 13.1. The maximum absolute atomic E-state index is 13.1. The highest BCUT2D eigenvalue weighted by Gasteiger charge is 2.33. The lowest BCUT2D eigenvalue weighted by Gasteiger charge is -2.35. The van der Waals surface area contributed by atoms with Gasteiger partial charge in [-0.15, -0.1) is 32.9 Å². The summed E-state index contributed by atoms with van der Waals surface area (Å²) in [5, 5.41) is 12.7. The third-order valence-electron chi connectivity index (χ3n) is 4.91. The number of fused-ring (bicyclic) bond motifs is 1. The van der Waals surface area contributed by atoms with Crippen LogP contribution in [0.3, 0.4) is 0 Å². The van der Waals surface area contributed by atoms with Crippen LogP contribution in [-0.4, -0.2) is 33.3 Å². The van der Waals surface area contributed by atoms with Crippen molar-refractivity contribution < 1.29 is 13.6 Å². The third kappa shape index (κ3) is 3.54. The fourth-order valence-electron chi connectivity index (χ4n) is 3.53. The third-order valence-corrected chi connectivity index (χ3v) is 7.64. The summed E-state index contributed by atoms with van der Waals surface area (Å²) in [7, 11) is 0. The van der Waals surface area contributed by atoms with Crippen molar-refractivity contribution in [2.75, 3.05) is 12.3 Å². The van der Waals surface area contributed by atoms with Crippen molar-refractivity contribution in [2.45, 2.75) is 24.6 Å². The minimum absolute atomic E-state index is 0.00933. The van der Waals surface area contributed by atoms with Crippen LogP contribution >= 0.6 is 34.4 Å². The summed E-state index contributed by atoms with van der Waals surface area (Å²) in [6, 6.07) is 8.07. The number of hydrogen-bond acceptors (Lipinski definition) is 8. The predicted molar refractivity (Wildman–Crippen MR) is 113 cm³/mol. The highest BCUT2D eigenvalue weighted by Crippen LogP contribution is 2.40. The summed E-state index contributed by atoms with van der Waals surface area (Å²) in [4.78, 5) is 17.6. The molecule has 0 aliphatic carbocycles. The summed E-state index contributed by atoms with van der Waals surface area (Å²) < 4.78 is 11.0. The van der Waals surface area contributed by atoms with Gasteiger partial charge in [-0.2, -0.15) is 0 Å². The van der Waals surface area contributed by atoms with Crippen LogP contribution in [0.5, 0.6) is 0 Å². The van der Waals surface area contributed by atoms with Crippen molar-refractivity contribution in [2.24, 2.45) is 0 Å². The zero-order valence-electron chi connectivity index (χ0n) is 15.5. The zero-order chi connectivity index (χ0) is 19.8. The Balaban J connectivity index is 1.32. The predicted octanol–water partition coefficient (Wildman–Crippen LogP) is 5.03. The Hall–Kier alpha value is -2.36. The number of nitrogens with zero attached hydrogens (tertiary/aromatic N) is 3. The van der Waals surface area contributed by atoms with Crippen LogP contribution in [0, 0.1) is 6.92 Å². The number of hydrogen-bond donors (Lipinski definition) is 0. The largest absolute Gasteiger partial charge is 0.469 e. The quantitative estimate of drug-likeness (QED) is 0.403. The molecule has 0 radical (unpaired) electrons. The van der Waals surface area contributed by atoms with Crippen LogP contribution in [0.2, 0.25) is 0 Å². The average Bonchev–Trinajstić information content (AvgIpc) is 3.52. The first-order valence-corrected chi connectivity index (χ1v) is 11.8. The van der Waals surface area contributed by atoms with Gasteiger partial charge in [0, 0.05) is 16.3 Å². The number of rotatable bonds is 5. The molecule has 0 saturated heterocycles. The smallest absolute Gasteiger partial charge is 0.277 e. The Bertz CT molecular complexity index is 1130. The first-order valence-electron chi connectivity index (χ1n) is 9.10. The lowest BCUT2D eigenvalue weighted by Crippen LogP contribution is -2.40. The maximum Gasteiger partial charge on any atom is 0.277 e. The van der Waals surface area contributed by atoms with E-state index >= 15 is 0 Å². The minimum atomic E-state index is -0.00933. The van der Waals surface area contributed by atoms with Crippen molar-refractivity contribution in [3.8, 4) is 11.5 Å². The molecule has 0 N–H and O–H groups in total. The molecular formula is C20H17N3O3S3. The molecule has 5 rings (SSSR count). The summed E-state index contributed by atoms with van der Waals surface area (Å²) >= 11 is 4.74. The molecule has 0 unspecified atom stereocenters. The van der Waals surface area contributed by atoms with Crippen LogP contribution in [0.25, 0.3) is 11.5 Å². The molecule has 9 heteroatoms. The molecule has 0 saturated carbocycles. The van der Waals surface area contributed by atoms with Crippen molar-refractivity contribution in [1.29, 1.82) is 0 Å². The van der Waals surface area contributed by atoms with E-state index in [1.54, 1.807) is 35.0 Å². The summed E-state index contributed by atoms with van der Waals surface area (Å²) in [5.41, 5.74) is 2.02. The van der Waals surface area contributed by atoms with Crippen molar-refractivity contribution >= 4 is 40.3 Å². The van der Waals surface area contributed by atoms with Crippen LogP contribution in [0.1, 0.15) is 27.1 Å². The Morgan fingerprint density at radius 1 is 1.28 bits per heavy atom. The van der Waals surface area contributed by atoms with Crippen LogP contribution in [0.4, 0.5) is 0 Å². The van der Waals surface area contributed by atoms with E-state index in [0.717, 1.165) is 24.3 Å². The van der Waals surface area contributed by atoms with Gasteiger partial charge in [-0.3, -0.25) is 4.79 Å². The van der Waals surface area contributed by atoms with Gasteiger partial charge in [0.05, 0.1) is 23.6 Å². The van der Waals surface area contributed by atoms with E-state index in [2.05, 4.69) is 33.1 Å². The fraction of sp³-hybridized carbons (Fsp3) is 0.250. The standard InChI is InChI=1S/C20H17N3O3S3/c1-12-13(5-8-25-12)19-21-22-20(26-19)29-11-17(24)23-7-4-15-14(6-10-28-15)18(23)16-3-2-9-27-16/h2-3,5-6,8-10,18H,4,7,11H2,1H3/t18-/m1/s1. The van der Waals surface area contributed by atoms with E-state index < -0.39 is 0 Å². The summed E-state index contributed by atoms with van der Waals surface area (Å²) in [6.45, 7) is 2.56. The molecule has 0 aromatic carbocycles. The van der Waals surface area contributed by atoms with E-state index in [0.29, 0.717) is 11.1 Å². The molecule has 0 fully saturated rings. The fourth-order valence-corrected chi connectivity index (χ4v) is 5.94. The monoisotopic (exact) mass is 443 g/mol. The number of aryl methyl sites for hydroxylation is 1. The Labute approximate surface area is 179 Å². The van der Waals surface area contributed by atoms with E-state index in [4.69, 9.17) is 8.83 Å². The van der Waals surface area contributed by atoms with E-state index in [9.17, 15) is 4.79 Å². The zero-order valence-corrected chi connectivity index (χ0v) is 18.0. The minimum Gasteiger partial charge on any atom is -0.469 e. The molecule has 4 aromatic heterocycles. The summed E-state index contributed by atoms with van der Waals surface area (Å²) in [6.07, 6.45) is 2.49. The van der Waals surface area contributed by atoms with Crippen molar-refractivity contribution in [1.82, 2.24) is 15.1 Å². The topological polar surface area (TPSA) is 72.4 Å². The molecule has 0 spiro atoms. The van der Waals surface area contributed by atoms with Gasteiger partial charge in [0.2, 0.25) is 5.91 Å². The molecule has 5 heterocycles. The number of carbonyl (C=O) groups is 1. The van der Waals surface area contributed by atoms with Gasteiger partial charge in [-0.25, -0.2) is 0 Å². The van der Waals surface area contributed by atoms with Crippen LogP contribution in [0.15, 0.2) is 55.3 Å². The number of furan rings is 1. The van der Waals surface area contributed by atoms with Crippen molar-refractivity contribution in [3.05, 3.63) is 62.4 Å². The number of aromatic nitrogens is 2. The molecule has 1 atom stereocenters. The molecule has 0 bridgehead atoms. The molecule has 6 nitrogen and oxygen atoms in total. The molecule has 1 aliphatic rings. The SMILES string of the molecule is Cc1occc1-c1nnc(SCC(=O)N2CCc3sccc3[C@@H]2c2cccs2)o1. The van der Waals surface area contributed by atoms with Crippen LogP contribution in [-0.2, 0) is 11.2 Å². The number of thioether (sulfide) groups is 1. The average molecular weight is 444 g/mol. The van der Waals surface area contributed by atoms with E-state index in [-0.39, 0.29) is 17.7 Å². The first-order chi connectivity index (χ1) is 14.2. The second kappa shape index (κ2) is 7.81. The second-order valence-corrected chi connectivity index (χ2v) is 9.51. The highest BCUT2D eigenvalue weighted by atomic mass is 32.2. The Kier molecular flexibility index (Phi) is 5.03. The molecular weight excluding hydrogens is 426 g/mol. The lowest BCUT2D eigenvalue weighted by molar-refractivity contribution is -0.130. The Morgan fingerprint density at radius 2 is 2.21 bits per heavy atom. The van der Waals surface area contributed by atoms with E-state index in [1.165, 1.54) is 27.1 Å². The van der Waals surface area contributed by atoms with Gasteiger partial charge in [0.15, 0.2) is 0 Å². The number of amides is 1. The van der Waals surface area contributed by atoms with Gasteiger partial charge in [-0.05, 0) is 47.9 Å². The van der Waals surface area contributed by atoms with Crippen molar-refractivity contribution in [3.63, 3.8) is 0 Å². The Morgan fingerprint density at radius 3 is 3.00 bits per heavy atom. The summed E-state index contributed by atoms with van der Waals surface area (Å²) in [5.74, 6) is 1.46. The van der Waals surface area contributed by atoms with Gasteiger partial charge in [0.25, 0.3) is 11.1 Å². The van der Waals surface area contributed by atoms with Gasteiger partial charge < -0.3 is 13.7 Å². The van der Waals surface area contributed by atoms with E-state index in [1.807, 2.05) is 17.9 Å². The first kappa shape index (κ1) is 18.7. The van der Waals surface area contributed by atoms with Gasteiger partial charge in [0.1, 0.15) is 5.76 Å². The normalized spacial score (nSPS) is 16.2. The van der Waals surface area contributed by atoms with Gasteiger partial charge in [-0.1, -0.05) is 17.8 Å². The molecule has 1 aliphatic heterocycles. The number of carbonyl (C=O) groups excluding carboxylic acids is 1.